The lowest BCUT2D eigenvalue weighted by atomic mass is 10.0. The van der Waals surface area contributed by atoms with Crippen LogP contribution < -0.4 is 29.8 Å². The molecule has 0 aromatic heterocycles. The Morgan fingerprint density at radius 3 is 1.41 bits per heavy atom. The van der Waals surface area contributed by atoms with Gasteiger partial charge in [0.2, 0.25) is 8.32 Å². The Labute approximate surface area is 205 Å². The molecule has 4 aromatic carbocycles. The molecular weight excluding hydrogens is 455 g/mol. The van der Waals surface area contributed by atoms with Crippen LogP contribution in [-0.2, 0) is 0 Å². The molecule has 174 valence electrons. The normalized spacial score (nSPS) is 11.4. The molecule has 0 aliphatic carbocycles. The molecule has 0 saturated heterocycles. The van der Waals surface area contributed by atoms with Gasteiger partial charge in [0.1, 0.15) is 17.2 Å². The van der Waals surface area contributed by atoms with Crippen molar-refractivity contribution in [3.05, 3.63) is 97.1 Å². The van der Waals surface area contributed by atoms with E-state index in [4.69, 9.17) is 13.9 Å². The summed E-state index contributed by atoms with van der Waals surface area (Å²) in [6, 6.07) is 33.6. The first-order valence-corrected chi connectivity index (χ1v) is 16.1. The van der Waals surface area contributed by atoms with Crippen molar-refractivity contribution in [2.24, 2.45) is 0 Å². The summed E-state index contributed by atoms with van der Waals surface area (Å²) in [5.41, 5.74) is 2.28. The van der Waals surface area contributed by atoms with Gasteiger partial charge < -0.3 is 13.9 Å². The van der Waals surface area contributed by atoms with Crippen LogP contribution in [0.5, 0.6) is 17.2 Å². The quantitative estimate of drug-likeness (QED) is 0.215. The molecule has 0 fully saturated rings. The van der Waals surface area contributed by atoms with Crippen LogP contribution in [0.25, 0.3) is 11.1 Å². The SMILES string of the molecule is COc1ccccc1P(c1ccccc1OC)c1ccccc1-c1ccccc1O[Si](C)(C)C. The Hall–Kier alpha value is -3.07. The molecule has 0 N–H and O–H groups in total. The molecule has 0 bridgehead atoms. The molecular formula is C29H31O3PSi. The van der Waals surface area contributed by atoms with Crippen LogP contribution in [0.2, 0.25) is 19.6 Å². The van der Waals surface area contributed by atoms with E-state index in [1.807, 2.05) is 30.3 Å². The number of hydrogen-bond acceptors (Lipinski definition) is 3. The van der Waals surface area contributed by atoms with Crippen LogP contribution in [0.3, 0.4) is 0 Å². The number of methoxy groups -OCH3 is 2. The monoisotopic (exact) mass is 486 g/mol. The third-order valence-corrected chi connectivity index (χ3v) is 8.80. The summed E-state index contributed by atoms with van der Waals surface area (Å²) in [6.07, 6.45) is 0. The van der Waals surface area contributed by atoms with Crippen LogP contribution in [-0.4, -0.2) is 22.5 Å². The van der Waals surface area contributed by atoms with Gasteiger partial charge in [-0.15, -0.1) is 0 Å². The molecule has 0 unspecified atom stereocenters. The van der Waals surface area contributed by atoms with Gasteiger partial charge in [0, 0.05) is 16.2 Å². The fourth-order valence-electron chi connectivity index (χ4n) is 4.02. The topological polar surface area (TPSA) is 27.7 Å². The first-order chi connectivity index (χ1) is 16.4. The van der Waals surface area contributed by atoms with E-state index in [0.717, 1.165) is 33.4 Å². The van der Waals surface area contributed by atoms with Crippen molar-refractivity contribution in [1.29, 1.82) is 0 Å². The third kappa shape index (κ3) is 5.19. The summed E-state index contributed by atoms with van der Waals surface area (Å²) in [4.78, 5) is 0. The van der Waals surface area contributed by atoms with Gasteiger partial charge in [0.15, 0.2) is 0 Å². The van der Waals surface area contributed by atoms with E-state index in [-0.39, 0.29) is 0 Å². The van der Waals surface area contributed by atoms with E-state index < -0.39 is 16.2 Å². The van der Waals surface area contributed by atoms with Crippen LogP contribution in [0.15, 0.2) is 97.1 Å². The van der Waals surface area contributed by atoms with Gasteiger partial charge in [-0.1, -0.05) is 78.9 Å². The lowest BCUT2D eigenvalue weighted by Gasteiger charge is -2.27. The maximum atomic E-state index is 6.52. The molecule has 3 nitrogen and oxygen atoms in total. The molecule has 5 heteroatoms. The lowest BCUT2D eigenvalue weighted by Crippen LogP contribution is -2.29. The van der Waals surface area contributed by atoms with E-state index in [9.17, 15) is 0 Å². The molecule has 0 radical (unpaired) electrons. The first kappa shape index (κ1) is 24.1. The minimum Gasteiger partial charge on any atom is -0.544 e. The fourth-order valence-corrected chi connectivity index (χ4v) is 7.55. The Balaban J connectivity index is 2.00. The minimum atomic E-state index is -1.80. The number of hydrogen-bond donors (Lipinski definition) is 0. The highest BCUT2D eigenvalue weighted by molar-refractivity contribution is 7.80. The predicted molar refractivity (Wildman–Crippen MR) is 148 cm³/mol. The molecule has 4 rings (SSSR count). The highest BCUT2D eigenvalue weighted by Gasteiger charge is 2.27. The van der Waals surface area contributed by atoms with E-state index in [2.05, 4.69) is 86.4 Å². The van der Waals surface area contributed by atoms with Crippen LogP contribution >= 0.6 is 7.92 Å². The van der Waals surface area contributed by atoms with E-state index in [1.54, 1.807) is 14.2 Å². The molecule has 4 aromatic rings. The Morgan fingerprint density at radius 2 is 0.912 bits per heavy atom. The van der Waals surface area contributed by atoms with Crippen molar-refractivity contribution in [2.45, 2.75) is 19.6 Å². The first-order valence-electron chi connectivity index (χ1n) is 11.4. The van der Waals surface area contributed by atoms with E-state index in [1.165, 1.54) is 10.9 Å². The van der Waals surface area contributed by atoms with Gasteiger partial charge in [-0.05, 0) is 56.6 Å². The summed E-state index contributed by atoms with van der Waals surface area (Å²) in [5.74, 6) is 2.69. The Kier molecular flexibility index (Phi) is 7.40. The van der Waals surface area contributed by atoms with Crippen LogP contribution in [0.4, 0.5) is 0 Å². The average Bonchev–Trinajstić information content (AvgIpc) is 2.85. The van der Waals surface area contributed by atoms with E-state index >= 15 is 0 Å². The van der Waals surface area contributed by atoms with E-state index in [0.29, 0.717) is 0 Å². The van der Waals surface area contributed by atoms with Gasteiger partial charge in [-0.3, -0.25) is 0 Å². The molecule has 0 saturated carbocycles. The largest absolute Gasteiger partial charge is 0.544 e. The highest BCUT2D eigenvalue weighted by atomic mass is 31.1. The number of ether oxygens (including phenoxy) is 2. The standard InChI is InChI=1S/C29H31O3PSi/c1-30-25-17-9-12-20-28(25)33(29-21-13-10-18-26(29)31-2)27-19-11-7-15-23(27)22-14-6-8-16-24(22)32-34(3,4)5/h6-21H,1-5H3. The zero-order chi connectivity index (χ0) is 24.1. The van der Waals surface area contributed by atoms with Crippen molar-refractivity contribution in [1.82, 2.24) is 0 Å². The Bertz CT molecular complexity index is 1220. The number of benzene rings is 4. The summed E-state index contributed by atoms with van der Waals surface area (Å²) in [5, 5.41) is 3.54. The summed E-state index contributed by atoms with van der Waals surface area (Å²) in [7, 11) is 0.685. The summed E-state index contributed by atoms with van der Waals surface area (Å²) in [6.45, 7) is 6.64. The van der Waals surface area contributed by atoms with Crippen LogP contribution in [0.1, 0.15) is 0 Å². The van der Waals surface area contributed by atoms with Crippen molar-refractivity contribution in [2.75, 3.05) is 14.2 Å². The van der Waals surface area contributed by atoms with Gasteiger partial charge in [-0.25, -0.2) is 0 Å². The molecule has 34 heavy (non-hydrogen) atoms. The second kappa shape index (κ2) is 10.5. The molecule has 0 aliphatic rings. The summed E-state index contributed by atoms with van der Waals surface area (Å²) >= 11 is 0. The fraction of sp³-hybridized carbons (Fsp3) is 0.172. The lowest BCUT2D eigenvalue weighted by molar-refractivity contribution is 0.417. The minimum absolute atomic E-state index is 0.876. The maximum absolute atomic E-state index is 6.52. The van der Waals surface area contributed by atoms with Crippen molar-refractivity contribution >= 4 is 32.2 Å². The number of para-hydroxylation sites is 3. The molecule has 0 atom stereocenters. The molecule has 0 amide bonds. The average molecular weight is 487 g/mol. The summed E-state index contributed by atoms with van der Waals surface area (Å²) < 4.78 is 18.2. The Morgan fingerprint density at radius 1 is 0.500 bits per heavy atom. The van der Waals surface area contributed by atoms with Crippen LogP contribution in [0, 0.1) is 0 Å². The molecule has 0 spiro atoms. The molecule has 0 aliphatic heterocycles. The van der Waals surface area contributed by atoms with Crippen molar-refractivity contribution < 1.29 is 13.9 Å². The number of rotatable bonds is 8. The zero-order valence-electron chi connectivity index (χ0n) is 20.4. The zero-order valence-corrected chi connectivity index (χ0v) is 22.3. The second-order valence-electron chi connectivity index (χ2n) is 8.91. The smallest absolute Gasteiger partial charge is 0.242 e. The van der Waals surface area contributed by atoms with Crippen molar-refractivity contribution in [3.63, 3.8) is 0 Å². The van der Waals surface area contributed by atoms with Gasteiger partial charge >= 0.3 is 0 Å². The third-order valence-electron chi connectivity index (χ3n) is 5.39. The predicted octanol–water partition coefficient (Wildman–Crippen LogP) is 6.34. The second-order valence-corrected chi connectivity index (χ2v) is 15.5. The van der Waals surface area contributed by atoms with Gasteiger partial charge in [0.25, 0.3) is 0 Å². The van der Waals surface area contributed by atoms with Gasteiger partial charge in [-0.2, -0.15) is 0 Å². The highest BCUT2D eigenvalue weighted by Crippen LogP contribution is 2.43. The maximum Gasteiger partial charge on any atom is 0.242 e. The van der Waals surface area contributed by atoms with Gasteiger partial charge in [0.05, 0.1) is 14.2 Å². The van der Waals surface area contributed by atoms with Crippen molar-refractivity contribution in [3.8, 4) is 28.4 Å². The molecule has 0 heterocycles.